The van der Waals surface area contributed by atoms with Crippen molar-refractivity contribution in [3.63, 3.8) is 0 Å². The zero-order chi connectivity index (χ0) is 8.55. The van der Waals surface area contributed by atoms with Crippen molar-refractivity contribution in [2.24, 2.45) is 0 Å². The SMILES string of the molecule is CSc1cc(C)c2[nH]ncc2c1. The number of H-pyrrole nitrogens is 1. The third-order valence-electron chi connectivity index (χ3n) is 1.96. The van der Waals surface area contributed by atoms with Crippen molar-refractivity contribution >= 4 is 22.7 Å². The molecule has 2 nitrogen and oxygen atoms in total. The summed E-state index contributed by atoms with van der Waals surface area (Å²) in [7, 11) is 0. The van der Waals surface area contributed by atoms with Crippen LogP contribution in [0.4, 0.5) is 0 Å². The Hall–Kier alpha value is -0.960. The van der Waals surface area contributed by atoms with E-state index in [1.807, 2.05) is 6.20 Å². The molecule has 0 saturated carbocycles. The highest BCUT2D eigenvalue weighted by atomic mass is 32.2. The van der Waals surface area contributed by atoms with Gasteiger partial charge < -0.3 is 0 Å². The average molecular weight is 178 g/mol. The molecule has 0 fully saturated rings. The third-order valence-corrected chi connectivity index (χ3v) is 2.66. The summed E-state index contributed by atoms with van der Waals surface area (Å²) in [4.78, 5) is 1.29. The lowest BCUT2D eigenvalue weighted by atomic mass is 10.2. The van der Waals surface area contributed by atoms with Crippen molar-refractivity contribution in [3.05, 3.63) is 23.9 Å². The lowest BCUT2D eigenvalue weighted by molar-refractivity contribution is 1.11. The van der Waals surface area contributed by atoms with Crippen molar-refractivity contribution in [3.8, 4) is 0 Å². The molecule has 0 bridgehead atoms. The minimum Gasteiger partial charge on any atom is -0.278 e. The molecule has 0 unspecified atom stereocenters. The number of hydrogen-bond acceptors (Lipinski definition) is 2. The molecule has 0 aliphatic carbocycles. The van der Waals surface area contributed by atoms with E-state index >= 15 is 0 Å². The van der Waals surface area contributed by atoms with Crippen LogP contribution in [0, 0.1) is 6.92 Å². The molecule has 0 amide bonds. The average Bonchev–Trinajstić information content (AvgIpc) is 2.52. The molecular formula is C9H10N2S. The van der Waals surface area contributed by atoms with Gasteiger partial charge in [-0.05, 0) is 30.9 Å². The fourth-order valence-corrected chi connectivity index (χ4v) is 1.86. The Labute approximate surface area is 75.4 Å². The van der Waals surface area contributed by atoms with Gasteiger partial charge in [-0.3, -0.25) is 5.10 Å². The number of thioether (sulfide) groups is 1. The first-order valence-corrected chi connectivity index (χ1v) is 5.01. The monoisotopic (exact) mass is 178 g/mol. The van der Waals surface area contributed by atoms with Crippen LogP contribution in [-0.4, -0.2) is 16.5 Å². The first-order valence-electron chi connectivity index (χ1n) is 3.79. The van der Waals surface area contributed by atoms with Gasteiger partial charge in [-0.1, -0.05) is 0 Å². The topological polar surface area (TPSA) is 28.7 Å². The predicted octanol–water partition coefficient (Wildman–Crippen LogP) is 2.59. The highest BCUT2D eigenvalue weighted by molar-refractivity contribution is 7.98. The molecular weight excluding hydrogens is 168 g/mol. The molecule has 12 heavy (non-hydrogen) atoms. The molecule has 1 heterocycles. The molecule has 2 rings (SSSR count). The van der Waals surface area contributed by atoms with Gasteiger partial charge in [-0.25, -0.2) is 0 Å². The number of rotatable bonds is 1. The summed E-state index contributed by atoms with van der Waals surface area (Å²) < 4.78 is 0. The van der Waals surface area contributed by atoms with Gasteiger partial charge in [0.1, 0.15) is 0 Å². The van der Waals surface area contributed by atoms with E-state index in [1.165, 1.54) is 15.8 Å². The van der Waals surface area contributed by atoms with Crippen LogP contribution in [-0.2, 0) is 0 Å². The number of hydrogen-bond donors (Lipinski definition) is 1. The fraction of sp³-hybridized carbons (Fsp3) is 0.222. The smallest absolute Gasteiger partial charge is 0.0680 e. The number of aromatic amines is 1. The largest absolute Gasteiger partial charge is 0.278 e. The number of nitrogens with zero attached hydrogens (tertiary/aromatic N) is 1. The van der Waals surface area contributed by atoms with E-state index in [4.69, 9.17) is 0 Å². The first kappa shape index (κ1) is 7.68. The van der Waals surface area contributed by atoms with Crippen LogP contribution in [0.15, 0.2) is 23.2 Å². The maximum atomic E-state index is 4.00. The Morgan fingerprint density at radius 2 is 2.25 bits per heavy atom. The fourth-order valence-electron chi connectivity index (χ4n) is 1.32. The second-order valence-electron chi connectivity index (χ2n) is 2.78. The van der Waals surface area contributed by atoms with Gasteiger partial charge >= 0.3 is 0 Å². The lowest BCUT2D eigenvalue weighted by Gasteiger charge is -1.99. The van der Waals surface area contributed by atoms with Gasteiger partial charge in [0.25, 0.3) is 0 Å². The molecule has 2 aromatic rings. The highest BCUT2D eigenvalue weighted by Crippen LogP contribution is 2.23. The minimum atomic E-state index is 1.15. The second kappa shape index (κ2) is 2.83. The number of aryl methyl sites for hydroxylation is 1. The Morgan fingerprint density at radius 1 is 1.42 bits per heavy atom. The molecule has 0 saturated heterocycles. The number of fused-ring (bicyclic) bond motifs is 1. The van der Waals surface area contributed by atoms with E-state index in [0.29, 0.717) is 0 Å². The van der Waals surface area contributed by atoms with Crippen LogP contribution >= 0.6 is 11.8 Å². The summed E-state index contributed by atoms with van der Waals surface area (Å²) in [6.07, 6.45) is 3.95. The van der Waals surface area contributed by atoms with Crippen LogP contribution in [0.25, 0.3) is 10.9 Å². The molecule has 0 atom stereocenters. The Bertz CT molecular complexity index is 406. The molecule has 62 valence electrons. The van der Waals surface area contributed by atoms with Gasteiger partial charge in [0.05, 0.1) is 11.7 Å². The van der Waals surface area contributed by atoms with Crippen LogP contribution in [0.3, 0.4) is 0 Å². The van der Waals surface area contributed by atoms with Crippen molar-refractivity contribution in [2.45, 2.75) is 11.8 Å². The van der Waals surface area contributed by atoms with Crippen molar-refractivity contribution in [1.29, 1.82) is 0 Å². The van der Waals surface area contributed by atoms with E-state index in [9.17, 15) is 0 Å². The minimum absolute atomic E-state index is 1.15. The van der Waals surface area contributed by atoms with Crippen molar-refractivity contribution in [2.75, 3.05) is 6.26 Å². The number of aromatic nitrogens is 2. The van der Waals surface area contributed by atoms with Gasteiger partial charge in [0.15, 0.2) is 0 Å². The van der Waals surface area contributed by atoms with Crippen LogP contribution < -0.4 is 0 Å². The van der Waals surface area contributed by atoms with Gasteiger partial charge in [0.2, 0.25) is 0 Å². The van der Waals surface area contributed by atoms with Crippen LogP contribution in [0.5, 0.6) is 0 Å². The van der Waals surface area contributed by atoms with Crippen molar-refractivity contribution in [1.82, 2.24) is 10.2 Å². The zero-order valence-corrected chi connectivity index (χ0v) is 7.90. The molecule has 1 N–H and O–H groups in total. The third kappa shape index (κ3) is 1.10. The maximum Gasteiger partial charge on any atom is 0.0680 e. The van der Waals surface area contributed by atoms with E-state index in [0.717, 1.165) is 5.52 Å². The Balaban J connectivity index is 2.75. The first-order chi connectivity index (χ1) is 5.81. The molecule has 0 spiro atoms. The Morgan fingerprint density at radius 3 is 3.00 bits per heavy atom. The van der Waals surface area contributed by atoms with E-state index in [-0.39, 0.29) is 0 Å². The molecule has 0 radical (unpaired) electrons. The highest BCUT2D eigenvalue weighted by Gasteiger charge is 2.00. The van der Waals surface area contributed by atoms with E-state index < -0.39 is 0 Å². The molecule has 3 heteroatoms. The van der Waals surface area contributed by atoms with E-state index in [1.54, 1.807) is 11.8 Å². The molecule has 1 aromatic carbocycles. The summed E-state index contributed by atoms with van der Waals surface area (Å²) >= 11 is 1.76. The quantitative estimate of drug-likeness (QED) is 0.680. The summed E-state index contributed by atoms with van der Waals surface area (Å²) in [6, 6.07) is 4.32. The van der Waals surface area contributed by atoms with Crippen LogP contribution in [0.1, 0.15) is 5.56 Å². The number of benzene rings is 1. The van der Waals surface area contributed by atoms with Gasteiger partial charge in [-0.15, -0.1) is 11.8 Å². The summed E-state index contributed by atoms with van der Waals surface area (Å²) in [5, 5.41) is 8.18. The standard InChI is InChI=1S/C9H10N2S/c1-6-3-8(12-2)4-7-5-10-11-9(6)7/h3-5H,1-2H3,(H,10,11). The number of nitrogens with one attached hydrogen (secondary N) is 1. The predicted molar refractivity (Wildman–Crippen MR) is 52.6 cm³/mol. The Kier molecular flexibility index (Phi) is 1.81. The normalized spacial score (nSPS) is 10.8. The molecule has 0 aliphatic heterocycles. The summed E-state index contributed by atoms with van der Waals surface area (Å²) in [5.41, 5.74) is 2.40. The second-order valence-corrected chi connectivity index (χ2v) is 3.66. The lowest BCUT2D eigenvalue weighted by Crippen LogP contribution is -1.78. The van der Waals surface area contributed by atoms with Crippen molar-refractivity contribution < 1.29 is 0 Å². The van der Waals surface area contributed by atoms with E-state index in [2.05, 4.69) is 35.5 Å². The summed E-state index contributed by atoms with van der Waals surface area (Å²) in [6.45, 7) is 2.10. The van der Waals surface area contributed by atoms with Gasteiger partial charge in [-0.2, -0.15) is 5.10 Å². The summed E-state index contributed by atoms with van der Waals surface area (Å²) in [5.74, 6) is 0. The maximum absolute atomic E-state index is 4.00. The zero-order valence-electron chi connectivity index (χ0n) is 7.09. The van der Waals surface area contributed by atoms with Gasteiger partial charge in [0, 0.05) is 10.3 Å². The molecule has 1 aromatic heterocycles. The molecule has 0 aliphatic rings. The van der Waals surface area contributed by atoms with Crippen LogP contribution in [0.2, 0.25) is 0 Å².